The summed E-state index contributed by atoms with van der Waals surface area (Å²) in [5.74, 6) is -0.291. The first-order valence-electron chi connectivity index (χ1n) is 8.91. The van der Waals surface area contributed by atoms with Crippen LogP contribution in [0.25, 0.3) is 0 Å². The van der Waals surface area contributed by atoms with Crippen molar-refractivity contribution in [2.75, 3.05) is 19.8 Å². The van der Waals surface area contributed by atoms with Gasteiger partial charge in [0.1, 0.15) is 0 Å². The van der Waals surface area contributed by atoms with Crippen LogP contribution in [0.3, 0.4) is 0 Å². The number of non-ortho nitro benzene ring substituents is 1. The summed E-state index contributed by atoms with van der Waals surface area (Å²) in [5.41, 5.74) is 0.279. The molecule has 0 spiro atoms. The summed E-state index contributed by atoms with van der Waals surface area (Å²) in [6.45, 7) is 4.16. The van der Waals surface area contributed by atoms with Gasteiger partial charge in [0.2, 0.25) is 0 Å². The molecule has 0 N–H and O–H groups in total. The van der Waals surface area contributed by atoms with E-state index in [-0.39, 0.29) is 16.8 Å². The molecule has 0 atom stereocenters. The first kappa shape index (κ1) is 22.4. The molecule has 9 heteroatoms. The highest BCUT2D eigenvalue weighted by Crippen LogP contribution is 2.37. The minimum Gasteiger partial charge on any atom is -0.490 e. The lowest BCUT2D eigenvalue weighted by Gasteiger charge is -2.14. The van der Waals surface area contributed by atoms with Crippen LogP contribution in [0.15, 0.2) is 40.9 Å². The molecular weight excluding hydrogens is 446 g/mol. The summed E-state index contributed by atoms with van der Waals surface area (Å²) in [5, 5.41) is 10.7. The third-order valence-corrected chi connectivity index (χ3v) is 4.32. The maximum Gasteiger partial charge on any atom is 0.338 e. The molecule has 2 rings (SSSR count). The standard InChI is InChI=1S/C20H20BrNO7/c1-3-9-28-19-16(21)10-14(11-18(19)27-4-2)20(24)29-12-17(23)13-5-7-15(8-6-13)22(25)26/h5-8,10-11H,3-4,9,12H2,1-2H3. The van der Waals surface area contributed by atoms with Crippen molar-refractivity contribution in [3.05, 3.63) is 62.1 Å². The Hall–Kier alpha value is -2.94. The lowest BCUT2D eigenvalue weighted by atomic mass is 10.1. The summed E-state index contributed by atoms with van der Waals surface area (Å²) >= 11 is 3.37. The molecule has 0 aliphatic heterocycles. The molecule has 0 amide bonds. The Morgan fingerprint density at radius 1 is 1.07 bits per heavy atom. The largest absolute Gasteiger partial charge is 0.490 e. The fourth-order valence-electron chi connectivity index (χ4n) is 2.36. The van der Waals surface area contributed by atoms with Crippen molar-refractivity contribution in [3.63, 3.8) is 0 Å². The van der Waals surface area contributed by atoms with Gasteiger partial charge in [-0.15, -0.1) is 0 Å². The van der Waals surface area contributed by atoms with Gasteiger partial charge in [-0.3, -0.25) is 14.9 Å². The molecule has 29 heavy (non-hydrogen) atoms. The van der Waals surface area contributed by atoms with Crippen molar-refractivity contribution in [3.8, 4) is 11.5 Å². The lowest BCUT2D eigenvalue weighted by molar-refractivity contribution is -0.384. The van der Waals surface area contributed by atoms with E-state index in [0.717, 1.165) is 6.42 Å². The molecule has 0 heterocycles. The van der Waals surface area contributed by atoms with Crippen molar-refractivity contribution in [1.29, 1.82) is 0 Å². The van der Waals surface area contributed by atoms with Crippen molar-refractivity contribution in [2.24, 2.45) is 0 Å². The number of hydrogen-bond donors (Lipinski definition) is 0. The van der Waals surface area contributed by atoms with E-state index in [1.807, 2.05) is 13.8 Å². The number of nitrogens with zero attached hydrogens (tertiary/aromatic N) is 1. The van der Waals surface area contributed by atoms with Crippen molar-refractivity contribution >= 4 is 33.4 Å². The molecule has 0 aromatic heterocycles. The molecule has 2 aromatic carbocycles. The highest BCUT2D eigenvalue weighted by atomic mass is 79.9. The van der Waals surface area contributed by atoms with E-state index in [9.17, 15) is 19.7 Å². The van der Waals surface area contributed by atoms with Crippen molar-refractivity contribution in [2.45, 2.75) is 20.3 Å². The SMILES string of the molecule is CCCOc1c(Br)cc(C(=O)OCC(=O)c2ccc([N+](=O)[O-])cc2)cc1OCC. The molecule has 0 unspecified atom stereocenters. The van der Waals surface area contributed by atoms with Gasteiger partial charge in [-0.05, 0) is 53.5 Å². The number of nitro benzene ring substituents is 1. The molecule has 0 fully saturated rings. The Balaban J connectivity index is 2.09. The Morgan fingerprint density at radius 2 is 1.76 bits per heavy atom. The molecule has 0 bridgehead atoms. The zero-order valence-electron chi connectivity index (χ0n) is 16.0. The normalized spacial score (nSPS) is 10.3. The number of nitro groups is 1. The minimum absolute atomic E-state index is 0.128. The summed E-state index contributed by atoms with van der Waals surface area (Å²) in [6, 6.07) is 8.10. The first-order valence-corrected chi connectivity index (χ1v) is 9.70. The third kappa shape index (κ3) is 6.02. The van der Waals surface area contributed by atoms with Gasteiger partial charge >= 0.3 is 5.97 Å². The number of esters is 1. The van der Waals surface area contributed by atoms with E-state index in [0.29, 0.717) is 29.2 Å². The molecule has 154 valence electrons. The average molecular weight is 466 g/mol. The van der Waals surface area contributed by atoms with Gasteiger partial charge in [0.05, 0.1) is 28.2 Å². The Bertz CT molecular complexity index is 896. The van der Waals surface area contributed by atoms with Crippen LogP contribution in [-0.2, 0) is 4.74 Å². The van der Waals surface area contributed by atoms with Crippen LogP contribution in [0, 0.1) is 10.1 Å². The average Bonchev–Trinajstić information content (AvgIpc) is 2.71. The maximum absolute atomic E-state index is 12.4. The second-order valence-electron chi connectivity index (χ2n) is 5.87. The molecule has 0 saturated carbocycles. The fraction of sp³-hybridized carbons (Fsp3) is 0.300. The maximum atomic E-state index is 12.4. The van der Waals surface area contributed by atoms with Crippen LogP contribution in [0.2, 0.25) is 0 Å². The molecule has 0 saturated heterocycles. The van der Waals surface area contributed by atoms with Crippen molar-refractivity contribution < 1.29 is 28.7 Å². The van der Waals surface area contributed by atoms with Gasteiger partial charge in [0.15, 0.2) is 23.9 Å². The third-order valence-electron chi connectivity index (χ3n) is 3.73. The van der Waals surface area contributed by atoms with Gasteiger partial charge in [-0.1, -0.05) is 6.92 Å². The van der Waals surface area contributed by atoms with E-state index in [2.05, 4.69) is 15.9 Å². The highest BCUT2D eigenvalue weighted by molar-refractivity contribution is 9.10. The second kappa shape index (κ2) is 10.6. The Kier molecular flexibility index (Phi) is 8.14. The van der Waals surface area contributed by atoms with Crippen molar-refractivity contribution in [1.82, 2.24) is 0 Å². The fourth-order valence-corrected chi connectivity index (χ4v) is 2.92. The van der Waals surface area contributed by atoms with E-state index >= 15 is 0 Å². The number of benzene rings is 2. The van der Waals surface area contributed by atoms with Gasteiger partial charge in [-0.25, -0.2) is 4.79 Å². The van der Waals surface area contributed by atoms with Crippen LogP contribution in [-0.4, -0.2) is 36.5 Å². The molecular formula is C20H20BrNO7. The van der Waals surface area contributed by atoms with Crippen LogP contribution >= 0.6 is 15.9 Å². The lowest BCUT2D eigenvalue weighted by Crippen LogP contribution is -2.14. The summed E-state index contributed by atoms with van der Waals surface area (Å²) in [7, 11) is 0. The van der Waals surface area contributed by atoms with Crippen LogP contribution < -0.4 is 9.47 Å². The van der Waals surface area contributed by atoms with E-state index in [4.69, 9.17) is 14.2 Å². The number of carbonyl (C=O) groups is 2. The zero-order valence-corrected chi connectivity index (χ0v) is 17.6. The monoisotopic (exact) mass is 465 g/mol. The molecule has 8 nitrogen and oxygen atoms in total. The van der Waals surface area contributed by atoms with Crippen LogP contribution in [0.5, 0.6) is 11.5 Å². The van der Waals surface area contributed by atoms with E-state index < -0.39 is 23.3 Å². The number of ketones is 1. The van der Waals surface area contributed by atoms with Gasteiger partial charge in [0.25, 0.3) is 5.69 Å². The molecule has 0 radical (unpaired) electrons. The van der Waals surface area contributed by atoms with Crippen LogP contribution in [0.4, 0.5) is 5.69 Å². The predicted octanol–water partition coefficient (Wildman–Crippen LogP) is 4.58. The quantitative estimate of drug-likeness (QED) is 0.218. The topological polar surface area (TPSA) is 105 Å². The second-order valence-corrected chi connectivity index (χ2v) is 6.72. The number of carbonyl (C=O) groups excluding carboxylic acids is 2. The minimum atomic E-state index is -0.705. The number of rotatable bonds is 10. The number of ether oxygens (including phenoxy) is 3. The Labute approximate surface area is 176 Å². The molecule has 0 aliphatic rings. The number of halogens is 1. The smallest absolute Gasteiger partial charge is 0.338 e. The molecule has 2 aromatic rings. The number of hydrogen-bond acceptors (Lipinski definition) is 7. The van der Waals surface area contributed by atoms with Gasteiger partial charge in [-0.2, -0.15) is 0 Å². The summed E-state index contributed by atoms with van der Waals surface area (Å²) in [6.07, 6.45) is 0.812. The first-order chi connectivity index (χ1) is 13.9. The highest BCUT2D eigenvalue weighted by Gasteiger charge is 2.18. The number of Topliss-reactive ketones (excluding diaryl/α,β-unsaturated/α-hetero) is 1. The zero-order chi connectivity index (χ0) is 21.4. The van der Waals surface area contributed by atoms with E-state index in [1.165, 1.54) is 36.4 Å². The summed E-state index contributed by atoms with van der Waals surface area (Å²) < 4.78 is 16.8. The van der Waals surface area contributed by atoms with Crippen LogP contribution in [0.1, 0.15) is 41.0 Å². The summed E-state index contributed by atoms with van der Waals surface area (Å²) in [4.78, 5) is 34.7. The van der Waals surface area contributed by atoms with Gasteiger partial charge < -0.3 is 14.2 Å². The van der Waals surface area contributed by atoms with Gasteiger partial charge in [0, 0.05) is 17.7 Å². The molecule has 0 aliphatic carbocycles. The van der Waals surface area contributed by atoms with E-state index in [1.54, 1.807) is 0 Å². The predicted molar refractivity (Wildman–Crippen MR) is 109 cm³/mol. The Morgan fingerprint density at radius 3 is 2.34 bits per heavy atom.